The molecule has 108 valence electrons. The topological polar surface area (TPSA) is 44.4 Å². The van der Waals surface area contributed by atoms with Crippen LogP contribution < -0.4 is 10.6 Å². The summed E-state index contributed by atoms with van der Waals surface area (Å²) >= 11 is 0. The third-order valence-electron chi connectivity index (χ3n) is 4.79. The summed E-state index contributed by atoms with van der Waals surface area (Å²) < 4.78 is 0. The monoisotopic (exact) mass is 273 g/mol. The fourth-order valence-corrected chi connectivity index (χ4v) is 3.27. The van der Waals surface area contributed by atoms with E-state index in [1.807, 2.05) is 20.2 Å². The minimum Gasteiger partial charge on any atom is -0.323 e. The van der Waals surface area contributed by atoms with Gasteiger partial charge in [0.25, 0.3) is 0 Å². The van der Waals surface area contributed by atoms with Gasteiger partial charge in [-0.05, 0) is 42.0 Å². The fourth-order valence-electron chi connectivity index (χ4n) is 3.27. The van der Waals surface area contributed by atoms with Crippen molar-refractivity contribution in [2.24, 2.45) is 11.3 Å². The van der Waals surface area contributed by atoms with E-state index in [9.17, 15) is 4.79 Å². The Kier molecular flexibility index (Phi) is 3.01. The molecule has 1 aromatic carbocycles. The van der Waals surface area contributed by atoms with Gasteiger partial charge >= 0.3 is 6.03 Å². The van der Waals surface area contributed by atoms with Crippen molar-refractivity contribution in [3.8, 4) is 0 Å². The van der Waals surface area contributed by atoms with E-state index in [1.54, 1.807) is 4.90 Å². The molecule has 0 saturated heterocycles. The van der Waals surface area contributed by atoms with Crippen molar-refractivity contribution >= 4 is 11.7 Å². The molecule has 3 rings (SSSR count). The molecule has 20 heavy (non-hydrogen) atoms. The van der Waals surface area contributed by atoms with Gasteiger partial charge in [-0.25, -0.2) is 4.79 Å². The molecule has 0 bridgehead atoms. The minimum absolute atomic E-state index is 0.0289. The number of benzene rings is 1. The Bertz CT molecular complexity index is 553. The molecule has 2 unspecified atom stereocenters. The van der Waals surface area contributed by atoms with Crippen molar-refractivity contribution in [2.45, 2.75) is 32.9 Å². The van der Waals surface area contributed by atoms with Crippen molar-refractivity contribution in [2.75, 3.05) is 19.4 Å². The summed E-state index contributed by atoms with van der Waals surface area (Å²) in [6.45, 7) is 5.34. The molecule has 1 aliphatic carbocycles. The average Bonchev–Trinajstić information content (AvgIpc) is 3.01. The molecule has 1 heterocycles. The van der Waals surface area contributed by atoms with E-state index in [0.717, 1.165) is 5.69 Å². The predicted molar refractivity (Wildman–Crippen MR) is 80.6 cm³/mol. The van der Waals surface area contributed by atoms with Crippen molar-refractivity contribution in [3.05, 3.63) is 29.3 Å². The summed E-state index contributed by atoms with van der Waals surface area (Å²) in [7, 11) is 3.86. The third kappa shape index (κ3) is 2.18. The Morgan fingerprint density at radius 3 is 2.75 bits per heavy atom. The SMILES string of the molecule is CNC(c1ccc2c(c1)CN(C)C(=O)N2)C1CC1(C)C. The lowest BCUT2D eigenvalue weighted by atomic mass is 9.94. The van der Waals surface area contributed by atoms with E-state index >= 15 is 0 Å². The number of anilines is 1. The van der Waals surface area contributed by atoms with Crippen molar-refractivity contribution in [1.29, 1.82) is 0 Å². The maximum Gasteiger partial charge on any atom is 0.321 e. The average molecular weight is 273 g/mol. The maximum atomic E-state index is 11.6. The number of rotatable bonds is 3. The Labute approximate surface area is 120 Å². The van der Waals surface area contributed by atoms with E-state index in [4.69, 9.17) is 0 Å². The first-order valence-electron chi connectivity index (χ1n) is 7.24. The minimum atomic E-state index is -0.0289. The largest absolute Gasteiger partial charge is 0.323 e. The van der Waals surface area contributed by atoms with E-state index in [0.29, 0.717) is 23.9 Å². The summed E-state index contributed by atoms with van der Waals surface area (Å²) in [5.74, 6) is 0.696. The molecule has 2 N–H and O–H groups in total. The smallest absolute Gasteiger partial charge is 0.321 e. The Morgan fingerprint density at radius 2 is 2.15 bits per heavy atom. The number of carbonyl (C=O) groups is 1. The molecule has 1 saturated carbocycles. The van der Waals surface area contributed by atoms with Crippen LogP contribution in [0.4, 0.5) is 10.5 Å². The molecular formula is C16H23N3O. The molecule has 1 aliphatic heterocycles. The standard InChI is InChI=1S/C16H23N3O/c1-16(2)8-12(16)14(17-3)10-5-6-13-11(7-10)9-19(4)15(20)18-13/h5-7,12,14,17H,8-9H2,1-4H3,(H,18,20). The highest BCUT2D eigenvalue weighted by Gasteiger charge is 2.50. The lowest BCUT2D eigenvalue weighted by Crippen LogP contribution is -2.35. The van der Waals surface area contributed by atoms with E-state index in [2.05, 4.69) is 36.6 Å². The normalized spacial score (nSPS) is 24.9. The summed E-state index contributed by atoms with van der Waals surface area (Å²) in [5.41, 5.74) is 3.91. The molecule has 4 heteroatoms. The molecule has 0 spiro atoms. The van der Waals surface area contributed by atoms with Gasteiger partial charge in [0.2, 0.25) is 0 Å². The van der Waals surface area contributed by atoms with E-state index in [1.165, 1.54) is 17.5 Å². The van der Waals surface area contributed by atoms with E-state index in [-0.39, 0.29) is 6.03 Å². The second kappa shape index (κ2) is 4.48. The quantitative estimate of drug-likeness (QED) is 0.889. The van der Waals surface area contributed by atoms with Crippen molar-refractivity contribution < 1.29 is 4.79 Å². The highest BCUT2D eigenvalue weighted by molar-refractivity contribution is 5.92. The number of hydrogen-bond donors (Lipinski definition) is 2. The van der Waals surface area contributed by atoms with Gasteiger partial charge < -0.3 is 15.5 Å². The van der Waals surface area contributed by atoms with Gasteiger partial charge in [0.05, 0.1) is 0 Å². The number of amides is 2. The predicted octanol–water partition coefficient (Wildman–Crippen LogP) is 2.97. The number of carbonyl (C=O) groups excluding carboxylic acids is 1. The Balaban J connectivity index is 1.88. The van der Waals surface area contributed by atoms with Crippen LogP contribution in [-0.2, 0) is 6.54 Å². The fraction of sp³-hybridized carbons (Fsp3) is 0.562. The van der Waals surface area contributed by atoms with Crippen LogP contribution in [0.2, 0.25) is 0 Å². The summed E-state index contributed by atoms with van der Waals surface area (Å²) in [6, 6.07) is 6.79. The van der Waals surface area contributed by atoms with Gasteiger partial charge in [-0.15, -0.1) is 0 Å². The zero-order valence-corrected chi connectivity index (χ0v) is 12.7. The van der Waals surface area contributed by atoms with Crippen LogP contribution in [0.25, 0.3) is 0 Å². The van der Waals surface area contributed by atoms with Crippen molar-refractivity contribution in [1.82, 2.24) is 10.2 Å². The number of nitrogens with one attached hydrogen (secondary N) is 2. The maximum absolute atomic E-state index is 11.6. The number of nitrogens with zero attached hydrogens (tertiary/aromatic N) is 1. The lowest BCUT2D eigenvalue weighted by Gasteiger charge is -2.27. The zero-order chi connectivity index (χ0) is 14.5. The van der Waals surface area contributed by atoms with Gasteiger partial charge in [0.15, 0.2) is 0 Å². The van der Waals surface area contributed by atoms with Crippen LogP contribution in [0, 0.1) is 11.3 Å². The molecule has 1 aromatic rings. The molecule has 1 fully saturated rings. The van der Waals surface area contributed by atoms with Gasteiger partial charge in [0, 0.05) is 25.3 Å². The lowest BCUT2D eigenvalue weighted by molar-refractivity contribution is 0.218. The highest BCUT2D eigenvalue weighted by atomic mass is 16.2. The van der Waals surface area contributed by atoms with E-state index < -0.39 is 0 Å². The summed E-state index contributed by atoms with van der Waals surface area (Å²) in [4.78, 5) is 13.3. The molecule has 2 aliphatic rings. The first-order chi connectivity index (χ1) is 9.42. The highest BCUT2D eigenvalue weighted by Crippen LogP contribution is 2.57. The first-order valence-corrected chi connectivity index (χ1v) is 7.24. The van der Waals surface area contributed by atoms with Crippen LogP contribution in [0.15, 0.2) is 18.2 Å². The van der Waals surface area contributed by atoms with Crippen LogP contribution in [0.5, 0.6) is 0 Å². The summed E-state index contributed by atoms with van der Waals surface area (Å²) in [6.07, 6.45) is 1.27. The molecule has 4 nitrogen and oxygen atoms in total. The van der Waals surface area contributed by atoms with Crippen molar-refractivity contribution in [3.63, 3.8) is 0 Å². The molecule has 0 aromatic heterocycles. The van der Waals surface area contributed by atoms with Gasteiger partial charge in [-0.1, -0.05) is 26.0 Å². The van der Waals surface area contributed by atoms with Gasteiger partial charge in [-0.2, -0.15) is 0 Å². The van der Waals surface area contributed by atoms with Gasteiger partial charge in [-0.3, -0.25) is 0 Å². The molecular weight excluding hydrogens is 250 g/mol. The second-order valence-electron chi connectivity index (χ2n) is 6.77. The third-order valence-corrected chi connectivity index (χ3v) is 4.79. The number of fused-ring (bicyclic) bond motifs is 1. The molecule has 0 radical (unpaired) electrons. The molecule has 2 amide bonds. The number of urea groups is 1. The first kappa shape index (κ1) is 13.4. The molecule has 2 atom stereocenters. The number of hydrogen-bond acceptors (Lipinski definition) is 2. The Hall–Kier alpha value is -1.55. The van der Waals surface area contributed by atoms with Crippen LogP contribution in [0.3, 0.4) is 0 Å². The van der Waals surface area contributed by atoms with Crippen LogP contribution >= 0.6 is 0 Å². The zero-order valence-electron chi connectivity index (χ0n) is 12.7. The van der Waals surface area contributed by atoms with Crippen LogP contribution in [0.1, 0.15) is 37.4 Å². The second-order valence-corrected chi connectivity index (χ2v) is 6.77. The van der Waals surface area contributed by atoms with Gasteiger partial charge in [0.1, 0.15) is 0 Å². The van der Waals surface area contributed by atoms with Crippen LogP contribution in [-0.4, -0.2) is 25.0 Å². The summed E-state index contributed by atoms with van der Waals surface area (Å²) in [5, 5.41) is 6.38. The Morgan fingerprint density at radius 1 is 1.45 bits per heavy atom.